The normalized spacial score (nSPS) is 16.7. The van der Waals surface area contributed by atoms with E-state index >= 15 is 0 Å². The molecule has 6 nitrogen and oxygen atoms in total. The minimum Gasteiger partial charge on any atom is -0.354 e. The first-order valence-corrected chi connectivity index (χ1v) is 10.0. The summed E-state index contributed by atoms with van der Waals surface area (Å²) in [5.41, 5.74) is 0.897. The number of amides is 2. The first kappa shape index (κ1) is 17.0. The smallest absolute Gasteiger partial charge is 0.244 e. The van der Waals surface area contributed by atoms with Gasteiger partial charge in [-0.2, -0.15) is 11.8 Å². The summed E-state index contributed by atoms with van der Waals surface area (Å²) in [4.78, 5) is 32.0. The number of carbonyl (C=O) groups is 2. The predicted octanol–water partition coefficient (Wildman–Crippen LogP) is 1.55. The molecular formula is C16H20N4O2S2. The fraction of sp³-hybridized carbons (Fsp3) is 0.438. The van der Waals surface area contributed by atoms with Crippen molar-refractivity contribution in [2.45, 2.75) is 19.0 Å². The largest absolute Gasteiger partial charge is 0.354 e. The van der Waals surface area contributed by atoms with Crippen molar-refractivity contribution in [2.24, 2.45) is 0 Å². The molecule has 1 aliphatic rings. The first-order valence-electron chi connectivity index (χ1n) is 7.76. The summed E-state index contributed by atoms with van der Waals surface area (Å²) in [5.74, 6) is 0.430. The quantitative estimate of drug-likeness (QED) is 0.845. The number of aromatic nitrogens is 2. The van der Waals surface area contributed by atoms with E-state index in [0.717, 1.165) is 12.1 Å². The summed E-state index contributed by atoms with van der Waals surface area (Å²) in [7, 11) is 0. The van der Waals surface area contributed by atoms with Gasteiger partial charge in [-0.05, 0) is 24.1 Å². The van der Waals surface area contributed by atoms with Gasteiger partial charge in [-0.15, -0.1) is 11.3 Å². The topological polar surface area (TPSA) is 67.2 Å². The molecular weight excluding hydrogens is 344 g/mol. The van der Waals surface area contributed by atoms with E-state index < -0.39 is 6.04 Å². The van der Waals surface area contributed by atoms with E-state index in [-0.39, 0.29) is 11.8 Å². The van der Waals surface area contributed by atoms with Crippen LogP contribution < -0.4 is 5.32 Å². The highest BCUT2D eigenvalue weighted by molar-refractivity contribution is 7.99. The minimum atomic E-state index is -0.412. The van der Waals surface area contributed by atoms with Gasteiger partial charge in [-0.25, -0.2) is 4.98 Å². The van der Waals surface area contributed by atoms with E-state index in [2.05, 4.69) is 16.4 Å². The summed E-state index contributed by atoms with van der Waals surface area (Å²) in [6, 6.07) is 3.66. The molecule has 1 N–H and O–H groups in total. The molecule has 1 aliphatic heterocycles. The number of hydrogen-bond acceptors (Lipinski definition) is 5. The number of thioether (sulfide) groups is 1. The zero-order valence-electron chi connectivity index (χ0n) is 13.5. The molecule has 128 valence electrons. The van der Waals surface area contributed by atoms with Crippen LogP contribution in [-0.2, 0) is 22.6 Å². The molecule has 0 fully saturated rings. The molecule has 0 saturated carbocycles. The molecule has 1 unspecified atom stereocenters. The van der Waals surface area contributed by atoms with Crippen molar-refractivity contribution in [1.29, 1.82) is 0 Å². The van der Waals surface area contributed by atoms with Gasteiger partial charge in [0.15, 0.2) is 0 Å². The number of imidazole rings is 1. The van der Waals surface area contributed by atoms with Crippen molar-refractivity contribution >= 4 is 34.9 Å². The second-order valence-electron chi connectivity index (χ2n) is 5.64. The summed E-state index contributed by atoms with van der Waals surface area (Å²) >= 11 is 3.18. The van der Waals surface area contributed by atoms with E-state index in [9.17, 15) is 9.59 Å². The molecule has 8 heteroatoms. The molecule has 0 aromatic carbocycles. The van der Waals surface area contributed by atoms with Gasteiger partial charge in [0, 0.05) is 17.6 Å². The van der Waals surface area contributed by atoms with Crippen LogP contribution in [0.4, 0.5) is 0 Å². The Balaban J connectivity index is 1.64. The lowest BCUT2D eigenvalue weighted by Crippen LogP contribution is -2.47. The number of thiophene rings is 1. The number of nitrogens with one attached hydrogen (secondary N) is 1. The van der Waals surface area contributed by atoms with Crippen LogP contribution in [0.2, 0.25) is 0 Å². The van der Waals surface area contributed by atoms with Crippen LogP contribution in [0.5, 0.6) is 0 Å². The van der Waals surface area contributed by atoms with Gasteiger partial charge in [0.25, 0.3) is 0 Å². The molecule has 0 aliphatic carbocycles. The van der Waals surface area contributed by atoms with Crippen LogP contribution in [0.15, 0.2) is 30.0 Å². The van der Waals surface area contributed by atoms with Crippen LogP contribution in [-0.4, -0.2) is 51.4 Å². The van der Waals surface area contributed by atoms with Gasteiger partial charge < -0.3 is 14.8 Å². The third-order valence-corrected chi connectivity index (χ3v) is 5.47. The van der Waals surface area contributed by atoms with Crippen LogP contribution in [0, 0.1) is 0 Å². The predicted molar refractivity (Wildman–Crippen MR) is 96.1 cm³/mol. The highest BCUT2D eigenvalue weighted by atomic mass is 32.2. The van der Waals surface area contributed by atoms with Crippen molar-refractivity contribution in [1.82, 2.24) is 19.8 Å². The second kappa shape index (κ2) is 7.85. The Morgan fingerprint density at radius 1 is 1.50 bits per heavy atom. The monoisotopic (exact) mass is 364 g/mol. The Labute approximate surface area is 149 Å². The summed E-state index contributed by atoms with van der Waals surface area (Å²) in [6.07, 6.45) is 6.13. The molecule has 2 aromatic heterocycles. The van der Waals surface area contributed by atoms with Gasteiger partial charge >= 0.3 is 0 Å². The minimum absolute atomic E-state index is 0.0614. The SMILES string of the molecule is CSCC(=O)N1Cc2cncn2C(C(=O)NCCc2cccs2)C1. The van der Waals surface area contributed by atoms with Gasteiger partial charge in [0.1, 0.15) is 6.04 Å². The van der Waals surface area contributed by atoms with Gasteiger partial charge in [-0.1, -0.05) is 6.07 Å². The average Bonchev–Trinajstić information content (AvgIpc) is 3.25. The number of nitrogens with zero attached hydrogens (tertiary/aromatic N) is 3. The number of rotatable bonds is 6. The van der Waals surface area contributed by atoms with Crippen LogP contribution in [0.1, 0.15) is 16.6 Å². The van der Waals surface area contributed by atoms with Crippen molar-refractivity contribution in [3.8, 4) is 0 Å². The lowest BCUT2D eigenvalue weighted by atomic mass is 10.1. The molecule has 0 saturated heterocycles. The van der Waals surface area contributed by atoms with E-state index in [1.54, 1.807) is 28.8 Å². The van der Waals surface area contributed by atoms with Crippen molar-refractivity contribution < 1.29 is 9.59 Å². The third kappa shape index (κ3) is 3.81. The van der Waals surface area contributed by atoms with E-state index in [4.69, 9.17) is 0 Å². The summed E-state index contributed by atoms with van der Waals surface area (Å²) in [6.45, 7) is 1.50. The molecule has 1 atom stereocenters. The van der Waals surface area contributed by atoms with E-state index in [1.165, 1.54) is 16.6 Å². The van der Waals surface area contributed by atoms with Crippen LogP contribution in [0.3, 0.4) is 0 Å². The number of fused-ring (bicyclic) bond motifs is 1. The third-order valence-electron chi connectivity index (χ3n) is 4.00. The standard InChI is InChI=1S/C16H20N4O2S2/c1-23-10-15(21)19-8-12-7-17-11-20(12)14(9-19)16(22)18-5-4-13-3-2-6-24-13/h2-3,6-7,11,14H,4-5,8-10H2,1H3,(H,18,22). The Morgan fingerprint density at radius 2 is 2.38 bits per heavy atom. The Bertz CT molecular complexity index is 699. The molecule has 2 amide bonds. The second-order valence-corrected chi connectivity index (χ2v) is 7.53. The molecule has 2 aromatic rings. The fourth-order valence-electron chi connectivity index (χ4n) is 2.79. The van der Waals surface area contributed by atoms with Gasteiger partial charge in [0.05, 0.1) is 30.9 Å². The van der Waals surface area contributed by atoms with Crippen molar-refractivity contribution in [3.63, 3.8) is 0 Å². The molecule has 3 heterocycles. The lowest BCUT2D eigenvalue weighted by Gasteiger charge is -2.33. The van der Waals surface area contributed by atoms with Crippen LogP contribution in [0.25, 0.3) is 0 Å². The van der Waals surface area contributed by atoms with Gasteiger partial charge in [0.2, 0.25) is 11.8 Å². The maximum atomic E-state index is 12.6. The zero-order valence-corrected chi connectivity index (χ0v) is 15.1. The lowest BCUT2D eigenvalue weighted by molar-refractivity contribution is -0.133. The molecule has 0 radical (unpaired) electrons. The summed E-state index contributed by atoms with van der Waals surface area (Å²) < 4.78 is 1.88. The average molecular weight is 364 g/mol. The molecule has 0 bridgehead atoms. The van der Waals surface area contributed by atoms with Crippen molar-refractivity contribution in [3.05, 3.63) is 40.6 Å². The van der Waals surface area contributed by atoms with Crippen LogP contribution >= 0.6 is 23.1 Å². The number of hydrogen-bond donors (Lipinski definition) is 1. The Kier molecular flexibility index (Phi) is 5.57. The fourth-order valence-corrected chi connectivity index (χ4v) is 3.93. The maximum Gasteiger partial charge on any atom is 0.244 e. The molecule has 24 heavy (non-hydrogen) atoms. The van der Waals surface area contributed by atoms with Crippen molar-refractivity contribution in [2.75, 3.05) is 25.1 Å². The molecule has 0 spiro atoms. The highest BCUT2D eigenvalue weighted by Gasteiger charge is 2.31. The zero-order chi connectivity index (χ0) is 16.9. The Morgan fingerprint density at radius 3 is 3.12 bits per heavy atom. The highest BCUT2D eigenvalue weighted by Crippen LogP contribution is 2.21. The molecule has 3 rings (SSSR count). The maximum absolute atomic E-state index is 12.6. The van der Waals surface area contributed by atoms with E-state index in [1.807, 2.05) is 22.3 Å². The first-order chi connectivity index (χ1) is 11.7. The summed E-state index contributed by atoms with van der Waals surface area (Å²) in [5, 5.41) is 5.02. The van der Waals surface area contributed by atoms with E-state index in [0.29, 0.717) is 25.4 Å². The Hall–Kier alpha value is -1.80. The number of carbonyl (C=O) groups excluding carboxylic acids is 2. The van der Waals surface area contributed by atoms with Gasteiger partial charge in [-0.3, -0.25) is 9.59 Å².